The summed E-state index contributed by atoms with van der Waals surface area (Å²) in [7, 11) is 1.26. The van der Waals surface area contributed by atoms with Crippen molar-refractivity contribution in [2.45, 2.75) is 62.6 Å². The van der Waals surface area contributed by atoms with Crippen molar-refractivity contribution in [2.24, 2.45) is 0 Å². The molecule has 5 aromatic rings. The summed E-state index contributed by atoms with van der Waals surface area (Å²) in [6.07, 6.45) is 0.237. The number of nitrogens with one attached hydrogen (secondary N) is 3. The number of aliphatic carboxylic acids is 1. The Labute approximate surface area is 333 Å². The van der Waals surface area contributed by atoms with Crippen molar-refractivity contribution in [1.29, 1.82) is 0 Å². The van der Waals surface area contributed by atoms with Gasteiger partial charge in [-0.15, -0.1) is 0 Å². The molecule has 0 aromatic heterocycles. The first-order valence-corrected chi connectivity index (χ1v) is 19.4. The first-order valence-electron chi connectivity index (χ1n) is 19.4. The number of hydrogen-bond donors (Lipinski definition) is 4. The molecule has 0 spiro atoms. The zero-order valence-corrected chi connectivity index (χ0v) is 32.3. The van der Waals surface area contributed by atoms with Gasteiger partial charge in [0.15, 0.2) is 0 Å². The van der Waals surface area contributed by atoms with E-state index in [0.29, 0.717) is 25.8 Å². The van der Waals surface area contributed by atoms with Gasteiger partial charge in [-0.3, -0.25) is 10.1 Å². The second-order valence-corrected chi connectivity index (χ2v) is 14.3. The maximum Gasteiger partial charge on any atom is 0.407 e. The van der Waals surface area contributed by atoms with Gasteiger partial charge in [0.05, 0.1) is 12.6 Å². The van der Waals surface area contributed by atoms with E-state index in [2.05, 4.69) is 71.4 Å². The fraction of sp³-hybridized carbons (Fsp3) is 0.277. The molecule has 0 saturated carbocycles. The van der Waals surface area contributed by atoms with Crippen LogP contribution in [0.4, 0.5) is 4.79 Å². The van der Waals surface area contributed by atoms with Crippen LogP contribution in [-0.4, -0.2) is 61.4 Å². The van der Waals surface area contributed by atoms with Gasteiger partial charge in [-0.05, 0) is 78.1 Å². The van der Waals surface area contributed by atoms with Gasteiger partial charge in [0.25, 0.3) is 0 Å². The molecule has 2 atom stereocenters. The largest absolute Gasteiger partial charge is 0.480 e. The lowest BCUT2D eigenvalue weighted by molar-refractivity contribution is -0.145. The SMILES string of the molecule is COC(=O)[C@H](CCCCNC(c1ccccc1)(c1ccccc1)c1ccc(C)cc1)NC(=O)CCC(NC(=O)OCC1c2ccccc2-c2ccccc21)C(=O)O. The molecule has 1 aliphatic rings. The van der Waals surface area contributed by atoms with E-state index in [9.17, 15) is 24.3 Å². The topological polar surface area (TPSA) is 143 Å². The molecule has 1 aliphatic carbocycles. The van der Waals surface area contributed by atoms with Gasteiger partial charge in [0, 0.05) is 12.3 Å². The molecule has 2 amide bonds. The highest BCUT2D eigenvalue weighted by atomic mass is 16.5. The number of amides is 2. The molecule has 0 fully saturated rings. The number of ether oxygens (including phenoxy) is 2. The first kappa shape index (κ1) is 40.4. The molecule has 10 heteroatoms. The molecule has 0 radical (unpaired) electrons. The van der Waals surface area contributed by atoms with Crippen molar-refractivity contribution in [1.82, 2.24) is 16.0 Å². The van der Waals surface area contributed by atoms with Crippen molar-refractivity contribution >= 4 is 23.9 Å². The van der Waals surface area contributed by atoms with Crippen LogP contribution in [0.1, 0.15) is 71.4 Å². The van der Waals surface area contributed by atoms with E-state index in [-0.39, 0.29) is 25.4 Å². The number of hydrogen-bond acceptors (Lipinski definition) is 7. The molecule has 294 valence electrons. The third-order valence-corrected chi connectivity index (χ3v) is 10.6. The van der Waals surface area contributed by atoms with Gasteiger partial charge in [0.2, 0.25) is 5.91 Å². The van der Waals surface area contributed by atoms with E-state index in [4.69, 9.17) is 9.47 Å². The van der Waals surface area contributed by atoms with Crippen molar-refractivity contribution < 1.29 is 33.8 Å². The number of unbranched alkanes of at least 4 members (excludes halogenated alkanes) is 1. The predicted octanol–water partition coefficient (Wildman–Crippen LogP) is 7.48. The number of esters is 1. The summed E-state index contributed by atoms with van der Waals surface area (Å²) in [6.45, 7) is 2.69. The summed E-state index contributed by atoms with van der Waals surface area (Å²) in [5.41, 5.74) is 8.01. The molecular formula is C47H49N3O7. The summed E-state index contributed by atoms with van der Waals surface area (Å²) < 4.78 is 10.5. The Morgan fingerprint density at radius 2 is 1.21 bits per heavy atom. The van der Waals surface area contributed by atoms with Crippen LogP contribution in [0.25, 0.3) is 11.1 Å². The van der Waals surface area contributed by atoms with Crippen LogP contribution in [0.15, 0.2) is 133 Å². The Morgan fingerprint density at radius 1 is 0.667 bits per heavy atom. The fourth-order valence-corrected chi connectivity index (χ4v) is 7.71. The van der Waals surface area contributed by atoms with E-state index < -0.39 is 41.6 Å². The number of alkyl carbamates (subject to hydrolysis) is 1. The Bertz CT molecular complexity index is 2050. The monoisotopic (exact) mass is 767 g/mol. The van der Waals surface area contributed by atoms with Gasteiger partial charge >= 0.3 is 18.0 Å². The molecule has 0 aliphatic heterocycles. The number of methoxy groups -OCH3 is 1. The highest BCUT2D eigenvalue weighted by Gasteiger charge is 2.36. The molecule has 0 bridgehead atoms. The van der Waals surface area contributed by atoms with E-state index in [1.165, 1.54) is 7.11 Å². The number of carbonyl (C=O) groups is 4. The molecule has 0 heterocycles. The number of carbonyl (C=O) groups excluding carboxylic acids is 3. The lowest BCUT2D eigenvalue weighted by Gasteiger charge is -2.37. The third kappa shape index (κ3) is 9.59. The molecule has 57 heavy (non-hydrogen) atoms. The summed E-state index contributed by atoms with van der Waals surface area (Å²) in [5.74, 6) is -2.62. The minimum atomic E-state index is -1.38. The van der Waals surface area contributed by atoms with Crippen LogP contribution in [0.5, 0.6) is 0 Å². The predicted molar refractivity (Wildman–Crippen MR) is 219 cm³/mol. The zero-order chi connectivity index (χ0) is 40.2. The maximum atomic E-state index is 13.1. The molecule has 10 nitrogen and oxygen atoms in total. The van der Waals surface area contributed by atoms with Gasteiger partial charge in [-0.1, -0.05) is 139 Å². The number of benzene rings is 5. The van der Waals surface area contributed by atoms with Gasteiger partial charge in [-0.25, -0.2) is 14.4 Å². The molecule has 5 aromatic carbocycles. The minimum Gasteiger partial charge on any atom is -0.480 e. The summed E-state index contributed by atoms with van der Waals surface area (Å²) in [6, 6.07) is 42.6. The average Bonchev–Trinajstić information content (AvgIpc) is 3.56. The number of carboxylic acid groups (broad SMARTS) is 1. The Hall–Kier alpha value is -6.26. The van der Waals surface area contributed by atoms with Crippen molar-refractivity contribution in [3.8, 4) is 11.1 Å². The lowest BCUT2D eigenvalue weighted by Crippen LogP contribution is -2.45. The Morgan fingerprint density at radius 3 is 1.77 bits per heavy atom. The number of aryl methyl sites for hydroxylation is 1. The van der Waals surface area contributed by atoms with Crippen LogP contribution < -0.4 is 16.0 Å². The highest BCUT2D eigenvalue weighted by molar-refractivity contribution is 5.85. The van der Waals surface area contributed by atoms with Crippen molar-refractivity contribution in [3.05, 3.63) is 167 Å². The van der Waals surface area contributed by atoms with Crippen LogP contribution in [0.2, 0.25) is 0 Å². The van der Waals surface area contributed by atoms with Crippen LogP contribution in [0, 0.1) is 6.92 Å². The van der Waals surface area contributed by atoms with Crippen LogP contribution in [-0.2, 0) is 29.4 Å². The summed E-state index contributed by atoms with van der Waals surface area (Å²) >= 11 is 0. The quantitative estimate of drug-likeness (QED) is 0.0409. The smallest absolute Gasteiger partial charge is 0.407 e. The van der Waals surface area contributed by atoms with Crippen LogP contribution in [0.3, 0.4) is 0 Å². The lowest BCUT2D eigenvalue weighted by atomic mass is 9.76. The number of fused-ring (bicyclic) bond motifs is 3. The molecule has 0 saturated heterocycles. The third-order valence-electron chi connectivity index (χ3n) is 10.6. The number of carboxylic acids is 1. The van der Waals surface area contributed by atoms with Crippen molar-refractivity contribution in [3.63, 3.8) is 0 Å². The standard InChI is InChI=1S/C47H49N3O7/c1-32-24-26-35(27-25-32)47(33-15-5-3-6-16-33,34-17-7-4-8-18-34)48-30-14-13-23-42(45(54)56-2)49-43(51)29-28-41(44(52)53)50-46(55)57-31-40-38-21-11-9-19-36(38)37-20-10-12-22-39(37)40/h3-12,15-22,24-27,40-42,48H,13-14,23,28-31H2,1-2H3,(H,49,51)(H,50,55)(H,52,53)/t41?,42-/m0/s1. The first-order chi connectivity index (χ1) is 27.7. The Balaban J connectivity index is 1.02. The maximum absolute atomic E-state index is 13.1. The molecule has 6 rings (SSSR count). The zero-order valence-electron chi connectivity index (χ0n) is 32.3. The summed E-state index contributed by atoms with van der Waals surface area (Å²) in [5, 5.41) is 18.8. The minimum absolute atomic E-state index is 0.0223. The van der Waals surface area contributed by atoms with E-state index in [0.717, 1.165) is 44.5 Å². The highest BCUT2D eigenvalue weighted by Crippen LogP contribution is 2.44. The van der Waals surface area contributed by atoms with Crippen molar-refractivity contribution in [2.75, 3.05) is 20.3 Å². The average molecular weight is 768 g/mol. The summed E-state index contributed by atoms with van der Waals surface area (Å²) in [4.78, 5) is 50.7. The van der Waals surface area contributed by atoms with Crippen LogP contribution >= 0.6 is 0 Å². The molecular weight excluding hydrogens is 719 g/mol. The van der Waals surface area contributed by atoms with Gasteiger partial charge < -0.3 is 25.2 Å². The van der Waals surface area contributed by atoms with E-state index in [1.807, 2.05) is 84.9 Å². The fourth-order valence-electron chi connectivity index (χ4n) is 7.71. The van der Waals surface area contributed by atoms with E-state index >= 15 is 0 Å². The number of rotatable bonds is 18. The normalized spacial score (nSPS) is 13.1. The van der Waals surface area contributed by atoms with Gasteiger partial charge in [0.1, 0.15) is 18.7 Å². The Kier molecular flexibility index (Phi) is 13.5. The van der Waals surface area contributed by atoms with E-state index in [1.54, 1.807) is 0 Å². The molecule has 1 unspecified atom stereocenters. The molecule has 4 N–H and O–H groups in total. The second kappa shape index (κ2) is 19.1. The second-order valence-electron chi connectivity index (χ2n) is 14.3. The van der Waals surface area contributed by atoms with Gasteiger partial charge in [-0.2, -0.15) is 0 Å².